The van der Waals surface area contributed by atoms with Gasteiger partial charge >= 0.3 is 5.97 Å². The van der Waals surface area contributed by atoms with Gasteiger partial charge in [0.25, 0.3) is 0 Å². The SMILES string of the molecule is COc1cccc(C(=O)COC(=O)CCN2C(=O)[C@@H]3[C@H](C2=O)C2(Cl)c4ccccc4C3(Cl)c3ccccc32)c1. The molecule has 39 heavy (non-hydrogen) atoms. The fraction of sp³-hybridized carbons (Fsp3) is 0.267. The summed E-state index contributed by atoms with van der Waals surface area (Å²) in [7, 11) is 1.49. The fourth-order valence-corrected chi connectivity index (χ4v) is 7.34. The second kappa shape index (κ2) is 9.21. The lowest BCUT2D eigenvalue weighted by Crippen LogP contribution is -2.57. The number of carbonyl (C=O) groups is 4. The number of methoxy groups -OCH3 is 1. The number of halogens is 2. The van der Waals surface area contributed by atoms with Gasteiger partial charge in [0.2, 0.25) is 11.8 Å². The number of hydrogen-bond acceptors (Lipinski definition) is 6. The molecule has 7 rings (SSSR count). The highest BCUT2D eigenvalue weighted by Gasteiger charge is 2.72. The smallest absolute Gasteiger partial charge is 0.308 e. The number of rotatable bonds is 7. The van der Waals surface area contributed by atoms with E-state index in [0.29, 0.717) is 33.6 Å². The predicted octanol–water partition coefficient (Wildman–Crippen LogP) is 4.40. The molecule has 1 heterocycles. The zero-order valence-corrected chi connectivity index (χ0v) is 22.4. The van der Waals surface area contributed by atoms with Crippen LogP contribution in [0.25, 0.3) is 0 Å². The molecule has 3 aromatic carbocycles. The molecule has 1 saturated heterocycles. The largest absolute Gasteiger partial charge is 0.497 e. The van der Waals surface area contributed by atoms with E-state index < -0.39 is 51.8 Å². The number of Topliss-reactive ketones (excluding diaryl/α,β-unsaturated/α-hetero) is 1. The molecule has 2 atom stereocenters. The van der Waals surface area contributed by atoms with Crippen LogP contribution in [0.15, 0.2) is 72.8 Å². The highest BCUT2D eigenvalue weighted by Crippen LogP contribution is 2.69. The molecule has 7 nitrogen and oxygen atoms in total. The first-order valence-electron chi connectivity index (χ1n) is 12.5. The van der Waals surface area contributed by atoms with Gasteiger partial charge in [-0.1, -0.05) is 60.7 Å². The number of ether oxygens (including phenoxy) is 2. The molecule has 1 fully saturated rings. The van der Waals surface area contributed by atoms with Crippen LogP contribution in [0.4, 0.5) is 0 Å². The number of ketones is 1. The lowest BCUT2D eigenvalue weighted by Gasteiger charge is -2.54. The maximum Gasteiger partial charge on any atom is 0.308 e. The van der Waals surface area contributed by atoms with Crippen LogP contribution in [0.5, 0.6) is 5.75 Å². The van der Waals surface area contributed by atoms with E-state index in [2.05, 4.69) is 0 Å². The van der Waals surface area contributed by atoms with Crippen molar-refractivity contribution in [2.24, 2.45) is 11.8 Å². The van der Waals surface area contributed by atoms with Crippen molar-refractivity contribution in [3.63, 3.8) is 0 Å². The molecule has 0 saturated carbocycles. The van der Waals surface area contributed by atoms with E-state index in [9.17, 15) is 19.2 Å². The van der Waals surface area contributed by atoms with E-state index in [0.717, 1.165) is 4.90 Å². The Morgan fingerprint density at radius 2 is 1.33 bits per heavy atom. The third-order valence-corrected chi connectivity index (χ3v) is 9.26. The first kappa shape index (κ1) is 25.6. The van der Waals surface area contributed by atoms with Crippen LogP contribution in [0.1, 0.15) is 39.0 Å². The first-order chi connectivity index (χ1) is 18.7. The number of nitrogens with zero attached hydrogens (tertiary/aromatic N) is 1. The number of esters is 1. The summed E-state index contributed by atoms with van der Waals surface area (Å²) in [5, 5.41) is 0. The summed E-state index contributed by atoms with van der Waals surface area (Å²) in [5.41, 5.74) is 3.17. The fourth-order valence-electron chi connectivity index (χ4n) is 6.25. The third kappa shape index (κ3) is 3.56. The van der Waals surface area contributed by atoms with Crippen molar-refractivity contribution < 1.29 is 28.7 Å². The van der Waals surface area contributed by atoms with Gasteiger partial charge in [-0.2, -0.15) is 0 Å². The molecule has 1 aliphatic heterocycles. The Labute approximate surface area is 234 Å². The van der Waals surface area contributed by atoms with Crippen molar-refractivity contribution in [3.05, 3.63) is 101 Å². The van der Waals surface area contributed by atoms with Crippen LogP contribution in [-0.4, -0.2) is 48.7 Å². The molecule has 198 valence electrons. The van der Waals surface area contributed by atoms with Crippen molar-refractivity contribution in [1.29, 1.82) is 0 Å². The van der Waals surface area contributed by atoms with E-state index in [-0.39, 0.29) is 13.0 Å². The van der Waals surface area contributed by atoms with Crippen molar-refractivity contribution in [2.45, 2.75) is 16.2 Å². The lowest BCUT2D eigenvalue weighted by molar-refractivity contribution is -0.145. The van der Waals surface area contributed by atoms with E-state index in [1.54, 1.807) is 24.3 Å². The molecule has 0 unspecified atom stereocenters. The summed E-state index contributed by atoms with van der Waals surface area (Å²) in [5.74, 6) is -3.42. The molecule has 3 aliphatic carbocycles. The molecule has 0 N–H and O–H groups in total. The maximum absolute atomic E-state index is 13.8. The van der Waals surface area contributed by atoms with Crippen LogP contribution in [0.3, 0.4) is 0 Å². The van der Waals surface area contributed by atoms with Gasteiger partial charge in [-0.3, -0.25) is 24.1 Å². The summed E-state index contributed by atoms with van der Waals surface area (Å²) in [4.78, 5) is 51.0. The van der Waals surface area contributed by atoms with E-state index in [1.807, 2.05) is 48.5 Å². The quantitative estimate of drug-likeness (QED) is 0.183. The standard InChI is InChI=1S/C30H23Cl2NO6/c1-38-18-8-6-7-17(15-18)23(34)16-39-24(35)13-14-33-27(36)25-26(28(33)37)30(32)20-10-3-2-9-19(20)29(25,31)21-11-4-5-12-22(21)30/h2-12,15,25-26H,13-14,16H2,1H3/t25-,26+,29?,30?. The second-order valence-corrected chi connectivity index (χ2v) is 11.1. The predicted molar refractivity (Wildman–Crippen MR) is 143 cm³/mol. The van der Waals surface area contributed by atoms with Crippen LogP contribution in [-0.2, 0) is 28.9 Å². The van der Waals surface area contributed by atoms with Crippen molar-refractivity contribution in [1.82, 2.24) is 4.90 Å². The molecule has 3 aromatic rings. The average Bonchev–Trinajstić information content (AvgIpc) is 3.23. The minimum Gasteiger partial charge on any atom is -0.497 e. The average molecular weight is 564 g/mol. The molecule has 0 radical (unpaired) electrons. The Bertz CT molecular complexity index is 1430. The monoisotopic (exact) mass is 563 g/mol. The van der Waals surface area contributed by atoms with Gasteiger partial charge in [0.05, 0.1) is 25.4 Å². The Kier molecular flexibility index (Phi) is 6.04. The topological polar surface area (TPSA) is 90.0 Å². The van der Waals surface area contributed by atoms with Crippen molar-refractivity contribution in [2.75, 3.05) is 20.3 Å². The summed E-state index contributed by atoms with van der Waals surface area (Å²) >= 11 is 14.8. The molecule has 0 spiro atoms. The highest BCUT2D eigenvalue weighted by molar-refractivity contribution is 6.36. The number of likely N-dealkylation sites (tertiary alicyclic amines) is 1. The third-order valence-electron chi connectivity index (χ3n) is 7.97. The number of amides is 2. The van der Waals surface area contributed by atoms with Crippen LogP contribution >= 0.6 is 23.2 Å². The molecular formula is C30H23Cl2NO6. The minimum atomic E-state index is -1.28. The van der Waals surface area contributed by atoms with Gasteiger partial charge in [-0.25, -0.2) is 0 Å². The molecule has 4 aliphatic rings. The van der Waals surface area contributed by atoms with E-state index >= 15 is 0 Å². The number of imide groups is 1. The Morgan fingerprint density at radius 1 is 0.821 bits per heavy atom. The summed E-state index contributed by atoms with van der Waals surface area (Å²) in [6, 6.07) is 21.2. The molecule has 9 heteroatoms. The number of benzene rings is 3. The van der Waals surface area contributed by atoms with Gasteiger partial charge in [0.15, 0.2) is 12.4 Å². The minimum absolute atomic E-state index is 0.205. The van der Waals surface area contributed by atoms with Crippen molar-refractivity contribution in [3.8, 4) is 5.75 Å². The summed E-state index contributed by atoms with van der Waals surface area (Å²) < 4.78 is 10.3. The Hall–Kier alpha value is -3.68. The maximum atomic E-state index is 13.8. The van der Waals surface area contributed by atoms with Crippen LogP contribution in [0, 0.1) is 11.8 Å². The van der Waals surface area contributed by atoms with Crippen LogP contribution in [0.2, 0.25) is 0 Å². The Balaban J connectivity index is 1.22. The van der Waals surface area contributed by atoms with Crippen LogP contribution < -0.4 is 4.74 Å². The van der Waals surface area contributed by atoms with Gasteiger partial charge in [-0.05, 0) is 34.4 Å². The molecule has 2 bridgehead atoms. The van der Waals surface area contributed by atoms with Crippen molar-refractivity contribution >= 4 is 46.8 Å². The zero-order valence-electron chi connectivity index (χ0n) is 20.9. The molecule has 2 amide bonds. The number of carbonyl (C=O) groups excluding carboxylic acids is 4. The zero-order chi connectivity index (χ0) is 27.5. The van der Waals surface area contributed by atoms with E-state index in [1.165, 1.54) is 7.11 Å². The summed E-state index contributed by atoms with van der Waals surface area (Å²) in [6.45, 7) is -0.678. The normalized spacial score (nSPS) is 26.1. The van der Waals surface area contributed by atoms with E-state index in [4.69, 9.17) is 32.7 Å². The van der Waals surface area contributed by atoms with Gasteiger partial charge in [0.1, 0.15) is 15.5 Å². The lowest BCUT2D eigenvalue weighted by atomic mass is 9.54. The number of hydrogen-bond donors (Lipinski definition) is 0. The van der Waals surface area contributed by atoms with Gasteiger partial charge in [0, 0.05) is 12.1 Å². The first-order valence-corrected chi connectivity index (χ1v) is 13.2. The Morgan fingerprint density at radius 3 is 1.82 bits per heavy atom. The molecule has 0 aromatic heterocycles. The summed E-state index contributed by atoms with van der Waals surface area (Å²) in [6.07, 6.45) is -0.271. The van der Waals surface area contributed by atoms with Gasteiger partial charge < -0.3 is 9.47 Å². The highest BCUT2D eigenvalue weighted by atomic mass is 35.5. The van der Waals surface area contributed by atoms with Gasteiger partial charge in [-0.15, -0.1) is 23.2 Å². The second-order valence-electron chi connectivity index (χ2n) is 9.86. The number of alkyl halides is 2. The molecular weight excluding hydrogens is 541 g/mol.